The van der Waals surface area contributed by atoms with Crippen molar-refractivity contribution in [3.05, 3.63) is 60.7 Å². The average molecular weight is 323 g/mol. The van der Waals surface area contributed by atoms with E-state index in [-0.39, 0.29) is 0 Å². The molecule has 0 radical (unpaired) electrons. The van der Waals surface area contributed by atoms with Crippen LogP contribution >= 0.6 is 0 Å². The number of allylic oxidation sites excluding steroid dienone is 1. The number of ether oxygens (including phenoxy) is 2. The third kappa shape index (κ3) is 3.06. The number of aromatic nitrogens is 2. The summed E-state index contributed by atoms with van der Waals surface area (Å²) in [5, 5.41) is 3.40. The molecule has 24 heavy (non-hydrogen) atoms. The van der Waals surface area contributed by atoms with E-state index in [9.17, 15) is 0 Å². The van der Waals surface area contributed by atoms with Gasteiger partial charge >= 0.3 is 0 Å². The number of benzene rings is 2. The van der Waals surface area contributed by atoms with Gasteiger partial charge in [-0.2, -0.15) is 0 Å². The van der Waals surface area contributed by atoms with E-state index in [0.29, 0.717) is 13.1 Å². The molecule has 0 aliphatic rings. The van der Waals surface area contributed by atoms with Crippen LogP contribution in [0.1, 0.15) is 5.56 Å². The quantitative estimate of drug-likeness (QED) is 0.671. The van der Waals surface area contributed by atoms with Crippen molar-refractivity contribution in [2.24, 2.45) is 0 Å². The molecular weight excluding hydrogens is 302 g/mol. The van der Waals surface area contributed by atoms with E-state index in [4.69, 9.17) is 9.47 Å². The Hall–Kier alpha value is -2.95. The highest BCUT2D eigenvalue weighted by Gasteiger charge is 2.10. The summed E-state index contributed by atoms with van der Waals surface area (Å²) >= 11 is 0. The number of imidazole rings is 1. The molecule has 3 rings (SSSR count). The first-order chi connectivity index (χ1) is 11.8. The first-order valence-electron chi connectivity index (χ1n) is 7.77. The number of nitrogens with one attached hydrogen (secondary N) is 1. The lowest BCUT2D eigenvalue weighted by Gasteiger charge is -2.11. The standard InChI is InChI=1S/C19H21N3O2/c1-4-11-22-16-8-6-5-7-15(16)21-19(22)20-13-14-9-10-17(23-2)18(12-14)24-3/h4-10,12H,1,11,13H2,2-3H3,(H,20,21). The van der Waals surface area contributed by atoms with Gasteiger partial charge in [0.05, 0.1) is 25.3 Å². The van der Waals surface area contributed by atoms with Gasteiger partial charge in [-0.3, -0.25) is 0 Å². The molecule has 124 valence electrons. The van der Waals surface area contributed by atoms with Crippen LogP contribution in [0.4, 0.5) is 5.95 Å². The number of hydrogen-bond acceptors (Lipinski definition) is 4. The normalized spacial score (nSPS) is 10.6. The monoisotopic (exact) mass is 323 g/mol. The average Bonchev–Trinajstić information content (AvgIpc) is 2.98. The third-order valence-electron chi connectivity index (χ3n) is 3.86. The lowest BCUT2D eigenvalue weighted by molar-refractivity contribution is 0.354. The van der Waals surface area contributed by atoms with Gasteiger partial charge in [-0.15, -0.1) is 6.58 Å². The van der Waals surface area contributed by atoms with Crippen LogP contribution in [-0.2, 0) is 13.1 Å². The Balaban J connectivity index is 1.85. The van der Waals surface area contributed by atoms with E-state index in [1.54, 1.807) is 14.2 Å². The zero-order valence-corrected chi connectivity index (χ0v) is 14.0. The molecule has 0 spiro atoms. The predicted molar refractivity (Wildman–Crippen MR) is 96.8 cm³/mol. The number of anilines is 1. The summed E-state index contributed by atoms with van der Waals surface area (Å²) < 4.78 is 12.7. The van der Waals surface area contributed by atoms with Crippen molar-refractivity contribution in [2.45, 2.75) is 13.1 Å². The molecule has 0 atom stereocenters. The fourth-order valence-corrected chi connectivity index (χ4v) is 2.70. The molecule has 0 fully saturated rings. The summed E-state index contributed by atoms with van der Waals surface area (Å²) in [5.74, 6) is 2.27. The highest BCUT2D eigenvalue weighted by Crippen LogP contribution is 2.28. The summed E-state index contributed by atoms with van der Waals surface area (Å²) in [6.07, 6.45) is 1.87. The number of hydrogen-bond donors (Lipinski definition) is 1. The molecule has 2 aromatic carbocycles. The Morgan fingerprint density at radius 3 is 2.67 bits per heavy atom. The maximum atomic E-state index is 5.35. The molecule has 1 aromatic heterocycles. The van der Waals surface area contributed by atoms with Gasteiger partial charge in [-0.1, -0.05) is 24.3 Å². The van der Waals surface area contributed by atoms with Crippen molar-refractivity contribution in [3.63, 3.8) is 0 Å². The number of methoxy groups -OCH3 is 2. The Kier molecular flexibility index (Phi) is 4.70. The SMILES string of the molecule is C=CCn1c(NCc2ccc(OC)c(OC)c2)nc2ccccc21. The molecule has 0 aliphatic heterocycles. The van der Waals surface area contributed by atoms with Crippen LogP contribution in [0.3, 0.4) is 0 Å². The zero-order valence-electron chi connectivity index (χ0n) is 14.0. The van der Waals surface area contributed by atoms with Crippen LogP contribution in [0, 0.1) is 0 Å². The molecule has 0 bridgehead atoms. The van der Waals surface area contributed by atoms with Crippen molar-refractivity contribution in [1.82, 2.24) is 9.55 Å². The third-order valence-corrected chi connectivity index (χ3v) is 3.86. The molecule has 0 saturated heterocycles. The van der Waals surface area contributed by atoms with Crippen LogP contribution in [0.25, 0.3) is 11.0 Å². The number of rotatable bonds is 7. The lowest BCUT2D eigenvalue weighted by Crippen LogP contribution is -2.07. The first-order valence-corrected chi connectivity index (χ1v) is 7.77. The van der Waals surface area contributed by atoms with E-state index in [1.807, 2.05) is 42.5 Å². The fourth-order valence-electron chi connectivity index (χ4n) is 2.70. The zero-order chi connectivity index (χ0) is 16.9. The lowest BCUT2D eigenvalue weighted by atomic mass is 10.2. The van der Waals surface area contributed by atoms with Crippen LogP contribution in [0.15, 0.2) is 55.1 Å². The van der Waals surface area contributed by atoms with Crippen molar-refractivity contribution in [2.75, 3.05) is 19.5 Å². The second-order valence-corrected chi connectivity index (χ2v) is 5.37. The largest absolute Gasteiger partial charge is 0.493 e. The first kappa shape index (κ1) is 15.9. The summed E-state index contributed by atoms with van der Waals surface area (Å²) in [6.45, 7) is 5.18. The second kappa shape index (κ2) is 7.08. The number of nitrogens with zero attached hydrogens (tertiary/aromatic N) is 2. The maximum absolute atomic E-state index is 5.35. The topological polar surface area (TPSA) is 48.3 Å². The summed E-state index contributed by atoms with van der Waals surface area (Å²) in [7, 11) is 3.27. The molecule has 5 nitrogen and oxygen atoms in total. The van der Waals surface area contributed by atoms with Crippen LogP contribution in [-0.4, -0.2) is 23.8 Å². The van der Waals surface area contributed by atoms with Crippen molar-refractivity contribution in [1.29, 1.82) is 0 Å². The summed E-state index contributed by atoms with van der Waals surface area (Å²) in [6, 6.07) is 14.0. The van der Waals surface area contributed by atoms with Gasteiger partial charge in [0.15, 0.2) is 11.5 Å². The number of fused-ring (bicyclic) bond motifs is 1. The minimum atomic E-state index is 0.640. The van der Waals surface area contributed by atoms with E-state index < -0.39 is 0 Å². The molecule has 0 amide bonds. The summed E-state index contributed by atoms with van der Waals surface area (Å²) in [5.41, 5.74) is 3.14. The van der Waals surface area contributed by atoms with Crippen LogP contribution < -0.4 is 14.8 Å². The van der Waals surface area contributed by atoms with Gasteiger partial charge in [-0.25, -0.2) is 4.98 Å². The molecule has 0 unspecified atom stereocenters. The van der Waals surface area contributed by atoms with E-state index in [2.05, 4.69) is 27.5 Å². The smallest absolute Gasteiger partial charge is 0.204 e. The maximum Gasteiger partial charge on any atom is 0.204 e. The molecule has 3 aromatic rings. The molecule has 0 saturated carbocycles. The fraction of sp³-hybridized carbons (Fsp3) is 0.211. The van der Waals surface area contributed by atoms with Gasteiger partial charge < -0.3 is 19.4 Å². The Labute approximate surface area is 141 Å². The van der Waals surface area contributed by atoms with E-state index in [0.717, 1.165) is 34.0 Å². The molecule has 1 N–H and O–H groups in total. The van der Waals surface area contributed by atoms with Crippen LogP contribution in [0.2, 0.25) is 0 Å². The van der Waals surface area contributed by atoms with Crippen molar-refractivity contribution in [3.8, 4) is 11.5 Å². The Bertz CT molecular complexity index is 855. The van der Waals surface area contributed by atoms with Gasteiger partial charge in [0.2, 0.25) is 5.95 Å². The van der Waals surface area contributed by atoms with Gasteiger partial charge in [0.1, 0.15) is 0 Å². The molecule has 5 heteroatoms. The molecule has 1 heterocycles. The van der Waals surface area contributed by atoms with E-state index >= 15 is 0 Å². The minimum absolute atomic E-state index is 0.640. The minimum Gasteiger partial charge on any atom is -0.493 e. The molecular formula is C19H21N3O2. The Morgan fingerprint density at radius 1 is 1.12 bits per heavy atom. The molecule has 0 aliphatic carbocycles. The second-order valence-electron chi connectivity index (χ2n) is 5.37. The Morgan fingerprint density at radius 2 is 1.92 bits per heavy atom. The van der Waals surface area contributed by atoms with Gasteiger partial charge in [0.25, 0.3) is 0 Å². The van der Waals surface area contributed by atoms with Crippen molar-refractivity contribution < 1.29 is 9.47 Å². The number of para-hydroxylation sites is 2. The highest BCUT2D eigenvalue weighted by atomic mass is 16.5. The van der Waals surface area contributed by atoms with Gasteiger partial charge in [-0.05, 0) is 29.8 Å². The van der Waals surface area contributed by atoms with E-state index in [1.165, 1.54) is 0 Å². The summed E-state index contributed by atoms with van der Waals surface area (Å²) in [4.78, 5) is 4.67. The van der Waals surface area contributed by atoms with Crippen molar-refractivity contribution >= 4 is 17.0 Å². The predicted octanol–water partition coefficient (Wildman–Crippen LogP) is 3.85. The van der Waals surface area contributed by atoms with Gasteiger partial charge in [0, 0.05) is 13.1 Å². The highest BCUT2D eigenvalue weighted by molar-refractivity contribution is 5.78. The van der Waals surface area contributed by atoms with Crippen LogP contribution in [0.5, 0.6) is 11.5 Å².